The fraction of sp³-hybridized carbons (Fsp3) is 1.00. The fourth-order valence-electron chi connectivity index (χ4n) is 0.908. The van der Waals surface area contributed by atoms with Crippen LogP contribution in [0.4, 0.5) is 0 Å². The van der Waals surface area contributed by atoms with Crippen molar-refractivity contribution in [1.29, 1.82) is 0 Å². The Labute approximate surface area is 91.7 Å². The summed E-state index contributed by atoms with van der Waals surface area (Å²) in [5.74, 6) is 0.589. The molecule has 5 nitrogen and oxygen atoms in total. The van der Waals surface area contributed by atoms with Crippen LogP contribution in [0, 0.1) is 5.92 Å². The maximum atomic E-state index is 10.2. The first-order valence-electron chi connectivity index (χ1n) is 5.04. The maximum Gasteiger partial charge on any atom is 0.397 e. The molecule has 92 valence electrons. The standard InChI is InChI=1S/C9H20O5S/c1-8(2)4-6-13-9(3)5-7-14-15(10,11)12/h8-9H,4-7H2,1-3H3,(H,10,11,12). The highest BCUT2D eigenvalue weighted by Crippen LogP contribution is 2.04. The summed E-state index contributed by atoms with van der Waals surface area (Å²) in [5.41, 5.74) is 0. The van der Waals surface area contributed by atoms with Crippen molar-refractivity contribution in [2.75, 3.05) is 13.2 Å². The zero-order chi connectivity index (χ0) is 11.9. The summed E-state index contributed by atoms with van der Waals surface area (Å²) in [6.07, 6.45) is 1.35. The van der Waals surface area contributed by atoms with Gasteiger partial charge in [0, 0.05) is 6.61 Å². The van der Waals surface area contributed by atoms with E-state index in [1.54, 1.807) is 0 Å². The van der Waals surface area contributed by atoms with E-state index in [4.69, 9.17) is 9.29 Å². The van der Waals surface area contributed by atoms with Crippen LogP contribution in [-0.2, 0) is 19.3 Å². The van der Waals surface area contributed by atoms with Crippen LogP contribution >= 0.6 is 0 Å². The molecule has 0 saturated carbocycles. The second kappa shape index (κ2) is 7.16. The fourth-order valence-corrected chi connectivity index (χ4v) is 1.21. The summed E-state index contributed by atoms with van der Waals surface area (Å²) in [6, 6.07) is 0. The molecule has 0 heterocycles. The minimum absolute atomic E-state index is 0.0539. The number of hydrogen-bond donors (Lipinski definition) is 1. The van der Waals surface area contributed by atoms with Crippen LogP contribution < -0.4 is 0 Å². The SMILES string of the molecule is CC(C)CCOC(C)CCOS(=O)(=O)O. The molecule has 0 aromatic heterocycles. The van der Waals surface area contributed by atoms with Crippen LogP contribution in [0.3, 0.4) is 0 Å². The third-order valence-electron chi connectivity index (χ3n) is 1.85. The van der Waals surface area contributed by atoms with Crippen LogP contribution in [0.2, 0.25) is 0 Å². The molecule has 0 bridgehead atoms. The van der Waals surface area contributed by atoms with Crippen molar-refractivity contribution in [3.63, 3.8) is 0 Å². The van der Waals surface area contributed by atoms with Gasteiger partial charge in [-0.2, -0.15) is 8.42 Å². The molecule has 1 unspecified atom stereocenters. The van der Waals surface area contributed by atoms with Gasteiger partial charge in [0.15, 0.2) is 0 Å². The van der Waals surface area contributed by atoms with Crippen LogP contribution in [-0.4, -0.2) is 32.3 Å². The molecule has 0 fully saturated rings. The molecule has 0 aliphatic rings. The van der Waals surface area contributed by atoms with Gasteiger partial charge in [0.2, 0.25) is 0 Å². The summed E-state index contributed by atoms with van der Waals surface area (Å²) in [4.78, 5) is 0. The summed E-state index contributed by atoms with van der Waals surface area (Å²) in [7, 11) is -4.31. The van der Waals surface area contributed by atoms with Gasteiger partial charge in [-0.15, -0.1) is 0 Å². The molecule has 0 amide bonds. The molecule has 0 aromatic carbocycles. The van der Waals surface area contributed by atoms with Gasteiger partial charge in [-0.05, 0) is 25.7 Å². The van der Waals surface area contributed by atoms with Crippen molar-refractivity contribution >= 4 is 10.4 Å². The molecule has 0 aliphatic carbocycles. The van der Waals surface area contributed by atoms with E-state index in [1.807, 2.05) is 6.92 Å². The molecule has 0 aromatic rings. The maximum absolute atomic E-state index is 10.2. The van der Waals surface area contributed by atoms with Crippen molar-refractivity contribution in [3.05, 3.63) is 0 Å². The summed E-state index contributed by atoms with van der Waals surface area (Å²) >= 11 is 0. The minimum Gasteiger partial charge on any atom is -0.378 e. The highest BCUT2D eigenvalue weighted by molar-refractivity contribution is 7.80. The van der Waals surface area contributed by atoms with E-state index in [9.17, 15) is 8.42 Å². The van der Waals surface area contributed by atoms with Gasteiger partial charge in [-0.3, -0.25) is 4.55 Å². The lowest BCUT2D eigenvalue weighted by molar-refractivity contribution is 0.0439. The topological polar surface area (TPSA) is 72.8 Å². The lowest BCUT2D eigenvalue weighted by Crippen LogP contribution is -2.15. The van der Waals surface area contributed by atoms with Crippen LogP contribution in [0.25, 0.3) is 0 Å². The number of hydrogen-bond acceptors (Lipinski definition) is 4. The van der Waals surface area contributed by atoms with Gasteiger partial charge in [-0.1, -0.05) is 13.8 Å². The highest BCUT2D eigenvalue weighted by atomic mass is 32.3. The molecular weight excluding hydrogens is 220 g/mol. The quantitative estimate of drug-likeness (QED) is 0.653. The van der Waals surface area contributed by atoms with E-state index >= 15 is 0 Å². The molecule has 15 heavy (non-hydrogen) atoms. The van der Waals surface area contributed by atoms with Crippen molar-refractivity contribution in [2.45, 2.75) is 39.7 Å². The van der Waals surface area contributed by atoms with Crippen LogP contribution in [0.1, 0.15) is 33.6 Å². The number of rotatable bonds is 8. The van der Waals surface area contributed by atoms with Crippen LogP contribution in [0.15, 0.2) is 0 Å². The van der Waals surface area contributed by atoms with Gasteiger partial charge in [-0.25, -0.2) is 4.18 Å². The molecule has 0 rings (SSSR count). The smallest absolute Gasteiger partial charge is 0.378 e. The Morgan fingerprint density at radius 3 is 2.20 bits per heavy atom. The Morgan fingerprint density at radius 2 is 1.73 bits per heavy atom. The monoisotopic (exact) mass is 240 g/mol. The molecule has 0 aliphatic heterocycles. The van der Waals surface area contributed by atoms with E-state index < -0.39 is 10.4 Å². The molecule has 6 heteroatoms. The molecule has 1 N–H and O–H groups in total. The Balaban J connectivity index is 3.45. The van der Waals surface area contributed by atoms with Crippen LogP contribution in [0.5, 0.6) is 0 Å². The van der Waals surface area contributed by atoms with E-state index in [0.717, 1.165) is 6.42 Å². The Bertz CT molecular complexity index is 247. The van der Waals surface area contributed by atoms with Crippen molar-refractivity contribution in [2.24, 2.45) is 5.92 Å². The van der Waals surface area contributed by atoms with E-state index in [0.29, 0.717) is 18.9 Å². The lowest BCUT2D eigenvalue weighted by atomic mass is 10.1. The third-order valence-corrected chi connectivity index (χ3v) is 2.32. The molecular formula is C9H20O5S. The molecule has 0 radical (unpaired) electrons. The zero-order valence-electron chi connectivity index (χ0n) is 9.47. The lowest BCUT2D eigenvalue weighted by Gasteiger charge is -2.13. The van der Waals surface area contributed by atoms with Gasteiger partial charge in [0.25, 0.3) is 0 Å². The van der Waals surface area contributed by atoms with E-state index in [-0.39, 0.29) is 12.7 Å². The average molecular weight is 240 g/mol. The highest BCUT2D eigenvalue weighted by Gasteiger charge is 2.07. The van der Waals surface area contributed by atoms with Crippen molar-refractivity contribution in [1.82, 2.24) is 0 Å². The van der Waals surface area contributed by atoms with Gasteiger partial charge < -0.3 is 4.74 Å². The van der Waals surface area contributed by atoms with E-state index in [2.05, 4.69) is 18.0 Å². The Hall–Kier alpha value is -0.170. The summed E-state index contributed by atoms with van der Waals surface area (Å²) in [5, 5.41) is 0. The van der Waals surface area contributed by atoms with Crippen molar-refractivity contribution in [3.8, 4) is 0 Å². The second-order valence-electron chi connectivity index (χ2n) is 3.90. The molecule has 1 atom stereocenters. The second-order valence-corrected chi connectivity index (χ2v) is 4.99. The van der Waals surface area contributed by atoms with Crippen molar-refractivity contribution < 1.29 is 21.9 Å². The predicted octanol–water partition coefficient (Wildman–Crippen LogP) is 1.65. The average Bonchev–Trinajstić information content (AvgIpc) is 2.00. The Kier molecular flexibility index (Phi) is 7.08. The zero-order valence-corrected chi connectivity index (χ0v) is 10.3. The number of ether oxygens (including phenoxy) is 1. The normalized spacial score (nSPS) is 14.5. The first-order chi connectivity index (χ1) is 6.81. The molecule has 0 spiro atoms. The first-order valence-corrected chi connectivity index (χ1v) is 6.41. The summed E-state index contributed by atoms with van der Waals surface area (Å²) in [6.45, 7) is 6.66. The first kappa shape index (κ1) is 14.8. The summed E-state index contributed by atoms with van der Waals surface area (Å²) < 4.78 is 38.3. The predicted molar refractivity (Wildman–Crippen MR) is 57.0 cm³/mol. The third kappa shape index (κ3) is 11.8. The minimum atomic E-state index is -4.31. The van der Waals surface area contributed by atoms with E-state index in [1.165, 1.54) is 0 Å². The largest absolute Gasteiger partial charge is 0.397 e. The van der Waals surface area contributed by atoms with Gasteiger partial charge in [0.1, 0.15) is 0 Å². The Morgan fingerprint density at radius 1 is 1.13 bits per heavy atom. The van der Waals surface area contributed by atoms with Gasteiger partial charge in [0.05, 0.1) is 12.7 Å². The van der Waals surface area contributed by atoms with Gasteiger partial charge >= 0.3 is 10.4 Å². The molecule has 0 saturated heterocycles.